The van der Waals surface area contributed by atoms with E-state index in [1.54, 1.807) is 18.3 Å². The van der Waals surface area contributed by atoms with Crippen LogP contribution in [0.3, 0.4) is 0 Å². The first kappa shape index (κ1) is 16.6. The van der Waals surface area contributed by atoms with Crippen LogP contribution in [0.25, 0.3) is 0 Å². The van der Waals surface area contributed by atoms with Gasteiger partial charge in [-0.25, -0.2) is 0 Å². The number of nitro groups is 1. The summed E-state index contributed by atoms with van der Waals surface area (Å²) in [5.74, 6) is -0.355. The van der Waals surface area contributed by atoms with Crippen LogP contribution in [0.4, 0.5) is 0 Å². The maximum atomic E-state index is 11.9. The highest BCUT2D eigenvalue weighted by Gasteiger charge is 2.28. The number of aromatic nitrogens is 1. The lowest BCUT2D eigenvalue weighted by Crippen LogP contribution is -2.30. The third kappa shape index (κ3) is 4.60. The molecule has 1 heterocycles. The lowest BCUT2D eigenvalue weighted by molar-refractivity contribution is -0.514. The highest BCUT2D eigenvalue weighted by Crippen LogP contribution is 2.25. The Labute approximate surface area is 133 Å². The third-order valence-corrected chi connectivity index (χ3v) is 3.71. The first-order valence-corrected chi connectivity index (χ1v) is 7.35. The predicted molar refractivity (Wildman–Crippen MR) is 83.1 cm³/mol. The number of rotatable bonds is 5. The van der Waals surface area contributed by atoms with Crippen molar-refractivity contribution >= 4 is 11.6 Å². The summed E-state index contributed by atoms with van der Waals surface area (Å²) < 4.78 is 0. The Hall–Kier alpha value is -2.77. The highest BCUT2D eigenvalue weighted by molar-refractivity contribution is 6.01. The van der Waals surface area contributed by atoms with Gasteiger partial charge >= 0.3 is 0 Å². The Morgan fingerprint density at radius 3 is 3.04 bits per heavy atom. The molecule has 1 unspecified atom stereocenters. The Kier molecular flexibility index (Phi) is 5.79. The number of nitrogens with zero attached hydrogens (tertiary/aromatic N) is 3. The maximum Gasteiger partial charge on any atom is 0.253 e. The van der Waals surface area contributed by atoms with E-state index in [2.05, 4.69) is 15.5 Å². The summed E-state index contributed by atoms with van der Waals surface area (Å²) in [5.41, 5.74) is 1.20. The molecule has 2 N–H and O–H groups in total. The van der Waals surface area contributed by atoms with E-state index >= 15 is 0 Å². The van der Waals surface area contributed by atoms with Crippen LogP contribution in [0, 0.1) is 10.1 Å². The number of carbonyl (C=O) groups is 1. The molecule has 1 aliphatic rings. The number of hydrogen-bond acceptors (Lipinski definition) is 6. The van der Waals surface area contributed by atoms with Gasteiger partial charge in [0.05, 0.1) is 17.8 Å². The lowest BCUT2D eigenvalue weighted by atomic mass is 9.89. The van der Waals surface area contributed by atoms with Crippen molar-refractivity contribution in [1.29, 1.82) is 0 Å². The molecular formula is C15H18N4O4. The smallest absolute Gasteiger partial charge is 0.253 e. The molecule has 1 fully saturated rings. The fraction of sp³-hybridized carbons (Fsp3) is 0.400. The van der Waals surface area contributed by atoms with Crippen molar-refractivity contribution in [2.24, 2.45) is 5.16 Å². The Morgan fingerprint density at radius 2 is 2.39 bits per heavy atom. The summed E-state index contributed by atoms with van der Waals surface area (Å²) in [6.45, 7) is -0.0157. The molecule has 8 heteroatoms. The van der Waals surface area contributed by atoms with Gasteiger partial charge in [-0.1, -0.05) is 5.16 Å². The van der Waals surface area contributed by atoms with Crippen LogP contribution in [0.5, 0.6) is 0 Å². The molecule has 1 atom stereocenters. The average Bonchev–Trinajstić information content (AvgIpc) is 2.59. The van der Waals surface area contributed by atoms with Crippen molar-refractivity contribution in [3.05, 3.63) is 51.9 Å². The first-order valence-electron chi connectivity index (χ1n) is 7.35. The van der Waals surface area contributed by atoms with Crippen molar-refractivity contribution in [2.75, 3.05) is 6.54 Å². The van der Waals surface area contributed by atoms with E-state index < -0.39 is 6.04 Å². The zero-order valence-corrected chi connectivity index (χ0v) is 12.5. The number of amides is 1. The van der Waals surface area contributed by atoms with Crippen LogP contribution >= 0.6 is 0 Å². The summed E-state index contributed by atoms with van der Waals surface area (Å²) in [7, 11) is 0. The maximum absolute atomic E-state index is 11.9. The monoisotopic (exact) mass is 318 g/mol. The minimum Gasteiger partial charge on any atom is -0.411 e. The molecular weight excluding hydrogens is 300 g/mol. The van der Waals surface area contributed by atoms with Gasteiger partial charge in [0.25, 0.3) is 5.91 Å². The normalized spacial score (nSPS) is 20.3. The van der Waals surface area contributed by atoms with Gasteiger partial charge in [0.2, 0.25) is 6.04 Å². The first-order chi connectivity index (χ1) is 11.1. The zero-order valence-electron chi connectivity index (χ0n) is 12.5. The van der Waals surface area contributed by atoms with Gasteiger partial charge in [0.15, 0.2) is 0 Å². The van der Waals surface area contributed by atoms with E-state index in [1.807, 2.05) is 0 Å². The molecule has 122 valence electrons. The van der Waals surface area contributed by atoms with Crippen LogP contribution in [0.2, 0.25) is 0 Å². The predicted octanol–water partition coefficient (Wildman–Crippen LogP) is 1.79. The van der Waals surface area contributed by atoms with Crippen molar-refractivity contribution < 1.29 is 14.9 Å². The average molecular weight is 318 g/mol. The Morgan fingerprint density at radius 1 is 1.57 bits per heavy atom. The largest absolute Gasteiger partial charge is 0.411 e. The molecule has 1 amide bonds. The number of carbonyl (C=O) groups excluding carboxylic acids is 1. The van der Waals surface area contributed by atoms with Gasteiger partial charge in [0.1, 0.15) is 0 Å². The number of oxime groups is 1. The van der Waals surface area contributed by atoms with E-state index in [9.17, 15) is 14.9 Å². The summed E-state index contributed by atoms with van der Waals surface area (Å²) >= 11 is 0. The molecule has 1 aliphatic carbocycles. The summed E-state index contributed by atoms with van der Waals surface area (Å²) in [4.78, 5) is 26.5. The molecule has 0 radical (unpaired) electrons. The molecule has 0 saturated heterocycles. The van der Waals surface area contributed by atoms with E-state index in [0.717, 1.165) is 12.8 Å². The molecule has 1 saturated carbocycles. The van der Waals surface area contributed by atoms with Crippen LogP contribution in [0.15, 0.2) is 41.3 Å². The Bertz CT molecular complexity index is 628. The molecule has 1 aromatic heterocycles. The second-order valence-electron chi connectivity index (χ2n) is 5.28. The van der Waals surface area contributed by atoms with Crippen molar-refractivity contribution in [1.82, 2.24) is 10.3 Å². The summed E-state index contributed by atoms with van der Waals surface area (Å²) in [6.07, 6.45) is 7.26. The van der Waals surface area contributed by atoms with Gasteiger partial charge in [0, 0.05) is 29.3 Å². The molecule has 0 aliphatic heterocycles. The third-order valence-electron chi connectivity index (χ3n) is 3.71. The molecule has 1 aromatic rings. The number of nitrogens with one attached hydrogen (secondary N) is 1. The van der Waals surface area contributed by atoms with Crippen molar-refractivity contribution in [3.8, 4) is 0 Å². The summed E-state index contributed by atoms with van der Waals surface area (Å²) in [5, 5.41) is 25.9. The van der Waals surface area contributed by atoms with E-state index in [0.29, 0.717) is 24.0 Å². The second-order valence-corrected chi connectivity index (χ2v) is 5.28. The van der Waals surface area contributed by atoms with E-state index in [-0.39, 0.29) is 23.1 Å². The molecule has 2 rings (SSSR count). The van der Waals surface area contributed by atoms with Crippen LogP contribution in [0.1, 0.15) is 36.0 Å². The lowest BCUT2D eigenvalue weighted by Gasteiger charge is -2.18. The van der Waals surface area contributed by atoms with Crippen LogP contribution in [-0.2, 0) is 0 Å². The Balaban J connectivity index is 2.01. The minimum absolute atomic E-state index is 0.0157. The van der Waals surface area contributed by atoms with Gasteiger partial charge < -0.3 is 10.5 Å². The zero-order chi connectivity index (χ0) is 16.7. The van der Waals surface area contributed by atoms with Crippen molar-refractivity contribution in [3.63, 3.8) is 0 Å². The summed E-state index contributed by atoms with van der Waals surface area (Å²) in [6, 6.07) is 2.51. The molecule has 0 spiro atoms. The molecule has 0 bridgehead atoms. The molecule has 23 heavy (non-hydrogen) atoms. The fourth-order valence-electron chi connectivity index (χ4n) is 2.53. The topological polar surface area (TPSA) is 118 Å². The molecule has 8 nitrogen and oxygen atoms in total. The van der Waals surface area contributed by atoms with E-state index in [4.69, 9.17) is 5.21 Å². The SMILES string of the molecule is O=C(NCC(C=C1CCCCC1[N+](=O)[O-])=NO)c1cccnc1. The fourth-order valence-corrected chi connectivity index (χ4v) is 2.53. The van der Waals surface area contributed by atoms with E-state index in [1.165, 1.54) is 12.3 Å². The van der Waals surface area contributed by atoms with Gasteiger partial charge in [-0.15, -0.1) is 0 Å². The van der Waals surface area contributed by atoms with Gasteiger partial charge in [-0.3, -0.25) is 19.9 Å². The number of pyridine rings is 1. The number of hydrogen-bond donors (Lipinski definition) is 2. The van der Waals surface area contributed by atoms with Gasteiger partial charge in [-0.05, 0) is 37.5 Å². The van der Waals surface area contributed by atoms with Gasteiger partial charge in [-0.2, -0.15) is 0 Å². The van der Waals surface area contributed by atoms with Crippen LogP contribution in [-0.4, -0.2) is 39.3 Å². The standard InChI is InChI=1S/C15H18N4O4/c20-15(12-5-3-7-16-9-12)17-10-13(18-21)8-11-4-1-2-6-14(11)19(22)23/h3,5,7-9,14,21H,1-2,4,6,10H2,(H,17,20). The highest BCUT2D eigenvalue weighted by atomic mass is 16.6. The minimum atomic E-state index is -0.741. The van der Waals surface area contributed by atoms with Crippen LogP contribution < -0.4 is 5.32 Å². The quantitative estimate of drug-likeness (QED) is 0.371. The second kappa shape index (κ2) is 8.02. The molecule has 0 aromatic carbocycles. The van der Waals surface area contributed by atoms with Crippen molar-refractivity contribution in [2.45, 2.75) is 31.7 Å².